The molecule has 0 aromatic carbocycles. The maximum atomic E-state index is 11.5. The van der Waals surface area contributed by atoms with Gasteiger partial charge in [0.2, 0.25) is 5.91 Å². The van der Waals surface area contributed by atoms with Crippen molar-refractivity contribution in [1.29, 1.82) is 0 Å². The van der Waals surface area contributed by atoms with E-state index < -0.39 is 5.97 Å². The molecule has 5 nitrogen and oxygen atoms in total. The van der Waals surface area contributed by atoms with Gasteiger partial charge in [-0.25, -0.2) is 0 Å². The molecule has 90 valence electrons. The summed E-state index contributed by atoms with van der Waals surface area (Å²) in [5.41, 5.74) is 0. The Bertz CT molecular complexity index is 281. The van der Waals surface area contributed by atoms with Crippen molar-refractivity contribution in [3.63, 3.8) is 0 Å². The van der Waals surface area contributed by atoms with E-state index in [4.69, 9.17) is 5.11 Å². The second-order valence-electron chi connectivity index (χ2n) is 4.85. The summed E-state index contributed by atoms with van der Waals surface area (Å²) < 4.78 is 0. The minimum absolute atomic E-state index is 0.131. The fraction of sp³-hybridized carbons (Fsp3) is 0.818. The zero-order chi connectivity index (χ0) is 11.5. The maximum absolute atomic E-state index is 11.5. The molecule has 0 aliphatic carbocycles. The molecule has 0 aromatic rings. The highest BCUT2D eigenvalue weighted by Crippen LogP contribution is 2.32. The lowest BCUT2D eigenvalue weighted by atomic mass is 9.89. The predicted molar refractivity (Wildman–Crippen MR) is 57.9 cm³/mol. The van der Waals surface area contributed by atoms with E-state index in [0.29, 0.717) is 24.4 Å². The molecule has 2 atom stereocenters. The zero-order valence-corrected chi connectivity index (χ0v) is 9.24. The van der Waals surface area contributed by atoms with Gasteiger partial charge in [-0.1, -0.05) is 0 Å². The van der Waals surface area contributed by atoms with E-state index >= 15 is 0 Å². The zero-order valence-electron chi connectivity index (χ0n) is 9.24. The minimum atomic E-state index is -0.987. The van der Waals surface area contributed by atoms with Gasteiger partial charge >= 0.3 is 5.97 Å². The van der Waals surface area contributed by atoms with Crippen molar-refractivity contribution in [2.75, 3.05) is 6.54 Å². The number of rotatable bonds is 4. The van der Waals surface area contributed by atoms with E-state index in [1.807, 2.05) is 0 Å². The standard InChI is InChI=1S/C11H18N2O3/c14-10(12-6-11(15)16)5-7-3-8-1-2-9(4-7)13-8/h7-9,13H,1-6H2,(H,12,14)(H,15,16). The van der Waals surface area contributed by atoms with Crippen LogP contribution >= 0.6 is 0 Å². The number of aliphatic carboxylic acids is 1. The summed E-state index contributed by atoms with van der Waals surface area (Å²) in [5, 5.41) is 14.4. The second kappa shape index (κ2) is 4.82. The number of fused-ring (bicyclic) bond motifs is 2. The molecule has 2 saturated heterocycles. The lowest BCUT2D eigenvalue weighted by molar-refractivity contribution is -0.138. The first-order chi connectivity index (χ1) is 7.63. The molecule has 2 bridgehead atoms. The molecule has 2 heterocycles. The largest absolute Gasteiger partial charge is 0.480 e. The summed E-state index contributed by atoms with van der Waals surface area (Å²) in [4.78, 5) is 21.7. The number of piperidine rings is 1. The van der Waals surface area contributed by atoms with Crippen molar-refractivity contribution in [3.05, 3.63) is 0 Å². The highest BCUT2D eigenvalue weighted by molar-refractivity contribution is 5.81. The van der Waals surface area contributed by atoms with Crippen LogP contribution in [0.5, 0.6) is 0 Å². The van der Waals surface area contributed by atoms with Crippen molar-refractivity contribution in [3.8, 4) is 0 Å². The molecule has 0 aromatic heterocycles. The lowest BCUT2D eigenvalue weighted by Crippen LogP contribution is -2.40. The number of hydrogen-bond acceptors (Lipinski definition) is 3. The summed E-state index contributed by atoms with van der Waals surface area (Å²) in [5.74, 6) is -0.694. The molecular formula is C11H18N2O3. The Labute approximate surface area is 94.6 Å². The minimum Gasteiger partial charge on any atom is -0.480 e. The maximum Gasteiger partial charge on any atom is 0.322 e. The van der Waals surface area contributed by atoms with Crippen LogP contribution in [0.3, 0.4) is 0 Å². The average Bonchev–Trinajstić information content (AvgIpc) is 2.55. The first kappa shape index (κ1) is 11.4. The molecule has 2 aliphatic rings. The first-order valence-corrected chi connectivity index (χ1v) is 5.88. The number of carboxylic acid groups (broad SMARTS) is 1. The lowest BCUT2D eigenvalue weighted by Gasteiger charge is -2.28. The van der Waals surface area contributed by atoms with Gasteiger partial charge in [-0.3, -0.25) is 9.59 Å². The van der Waals surface area contributed by atoms with Gasteiger partial charge in [-0.05, 0) is 31.6 Å². The van der Waals surface area contributed by atoms with Crippen LogP contribution in [0.25, 0.3) is 0 Å². The average molecular weight is 226 g/mol. The molecular weight excluding hydrogens is 208 g/mol. The number of amides is 1. The van der Waals surface area contributed by atoms with Crippen LogP contribution in [0, 0.1) is 5.92 Å². The fourth-order valence-corrected chi connectivity index (χ4v) is 2.85. The van der Waals surface area contributed by atoms with Crippen molar-refractivity contribution in [2.24, 2.45) is 5.92 Å². The SMILES string of the molecule is O=C(O)CNC(=O)CC1CC2CCC(C1)N2. The Morgan fingerprint density at radius 3 is 2.44 bits per heavy atom. The van der Waals surface area contributed by atoms with Crippen molar-refractivity contribution < 1.29 is 14.7 Å². The quantitative estimate of drug-likeness (QED) is 0.635. The van der Waals surface area contributed by atoms with Gasteiger partial charge in [0.05, 0.1) is 0 Å². The van der Waals surface area contributed by atoms with Gasteiger partial charge < -0.3 is 15.7 Å². The van der Waals surface area contributed by atoms with E-state index in [1.165, 1.54) is 12.8 Å². The van der Waals surface area contributed by atoms with E-state index in [-0.39, 0.29) is 12.5 Å². The molecule has 3 N–H and O–H groups in total. The number of nitrogens with one attached hydrogen (secondary N) is 2. The highest BCUT2D eigenvalue weighted by Gasteiger charge is 2.34. The van der Waals surface area contributed by atoms with Crippen LogP contribution in [-0.2, 0) is 9.59 Å². The van der Waals surface area contributed by atoms with Gasteiger partial charge in [0.15, 0.2) is 0 Å². The van der Waals surface area contributed by atoms with Crippen LogP contribution < -0.4 is 10.6 Å². The van der Waals surface area contributed by atoms with Crippen LogP contribution in [0.4, 0.5) is 0 Å². The van der Waals surface area contributed by atoms with Gasteiger partial charge in [0.1, 0.15) is 6.54 Å². The van der Waals surface area contributed by atoms with Crippen LogP contribution in [-0.4, -0.2) is 35.6 Å². The second-order valence-corrected chi connectivity index (χ2v) is 4.85. The molecule has 1 amide bonds. The topological polar surface area (TPSA) is 78.4 Å². The van der Waals surface area contributed by atoms with Gasteiger partial charge in [-0.15, -0.1) is 0 Å². The third-order valence-corrected chi connectivity index (χ3v) is 3.48. The molecule has 5 heteroatoms. The Balaban J connectivity index is 1.73. The first-order valence-electron chi connectivity index (χ1n) is 5.88. The molecule has 0 saturated carbocycles. The Hall–Kier alpha value is -1.10. The summed E-state index contributed by atoms with van der Waals surface area (Å²) in [6.45, 7) is -0.267. The van der Waals surface area contributed by atoms with E-state index in [9.17, 15) is 9.59 Å². The Kier molecular flexibility index (Phi) is 3.43. The number of carbonyl (C=O) groups excluding carboxylic acids is 1. The van der Waals surface area contributed by atoms with E-state index in [2.05, 4.69) is 10.6 Å². The Morgan fingerprint density at radius 1 is 1.25 bits per heavy atom. The molecule has 2 aliphatic heterocycles. The molecule has 0 radical (unpaired) electrons. The van der Waals surface area contributed by atoms with Crippen LogP contribution in [0.1, 0.15) is 32.1 Å². The molecule has 2 rings (SSSR count). The van der Waals surface area contributed by atoms with Crippen molar-refractivity contribution in [1.82, 2.24) is 10.6 Å². The third kappa shape index (κ3) is 2.95. The monoisotopic (exact) mass is 226 g/mol. The number of hydrogen-bond donors (Lipinski definition) is 3. The normalized spacial score (nSPS) is 32.4. The van der Waals surface area contributed by atoms with Crippen molar-refractivity contribution >= 4 is 11.9 Å². The summed E-state index contributed by atoms with van der Waals surface area (Å²) in [6, 6.07) is 1.16. The Morgan fingerprint density at radius 2 is 1.88 bits per heavy atom. The number of carbonyl (C=O) groups is 2. The third-order valence-electron chi connectivity index (χ3n) is 3.48. The highest BCUT2D eigenvalue weighted by atomic mass is 16.4. The summed E-state index contributed by atoms with van der Waals surface area (Å²) >= 11 is 0. The molecule has 2 fully saturated rings. The van der Waals surface area contributed by atoms with E-state index in [0.717, 1.165) is 12.8 Å². The smallest absolute Gasteiger partial charge is 0.322 e. The predicted octanol–water partition coefficient (Wildman–Crippen LogP) is 0.108. The van der Waals surface area contributed by atoms with Crippen molar-refractivity contribution in [2.45, 2.75) is 44.2 Å². The number of carboxylic acids is 1. The van der Waals surface area contributed by atoms with Gasteiger partial charge in [0.25, 0.3) is 0 Å². The van der Waals surface area contributed by atoms with Crippen LogP contribution in [0.15, 0.2) is 0 Å². The van der Waals surface area contributed by atoms with Gasteiger partial charge in [0, 0.05) is 18.5 Å². The van der Waals surface area contributed by atoms with E-state index in [1.54, 1.807) is 0 Å². The fourth-order valence-electron chi connectivity index (χ4n) is 2.85. The van der Waals surface area contributed by atoms with Crippen LogP contribution in [0.2, 0.25) is 0 Å². The summed E-state index contributed by atoms with van der Waals surface area (Å²) in [6.07, 6.45) is 5.02. The molecule has 0 spiro atoms. The summed E-state index contributed by atoms with van der Waals surface area (Å²) in [7, 11) is 0. The van der Waals surface area contributed by atoms with Gasteiger partial charge in [-0.2, -0.15) is 0 Å². The molecule has 16 heavy (non-hydrogen) atoms. The molecule has 2 unspecified atom stereocenters.